The molecule has 2 rings (SSSR count). The summed E-state index contributed by atoms with van der Waals surface area (Å²) >= 11 is 1.41. The number of nitrogens with zero attached hydrogens (tertiary/aromatic N) is 4. The molecule has 2 heterocycles. The Labute approximate surface area is 117 Å². The van der Waals surface area contributed by atoms with E-state index in [9.17, 15) is 4.79 Å². The van der Waals surface area contributed by atoms with Crippen LogP contribution in [-0.4, -0.2) is 58.0 Å². The normalized spacial score (nSPS) is 17.3. The van der Waals surface area contributed by atoms with Crippen LogP contribution in [0.4, 0.5) is 5.00 Å². The van der Waals surface area contributed by atoms with Gasteiger partial charge < -0.3 is 10.2 Å². The molecule has 0 bridgehead atoms. The van der Waals surface area contributed by atoms with Crippen LogP contribution in [0.1, 0.15) is 26.0 Å². The topological polar surface area (TPSA) is 61.4 Å². The van der Waals surface area contributed by atoms with Gasteiger partial charge in [-0.05, 0) is 13.3 Å². The van der Waals surface area contributed by atoms with Gasteiger partial charge in [0, 0.05) is 57.7 Å². The molecule has 0 aromatic carbocycles. The highest BCUT2D eigenvalue weighted by atomic mass is 32.1. The average Bonchev–Trinajstić information content (AvgIpc) is 2.67. The summed E-state index contributed by atoms with van der Waals surface area (Å²) in [5.74, 6) is 0.172. The van der Waals surface area contributed by atoms with Crippen molar-refractivity contribution in [1.82, 2.24) is 19.4 Å². The number of carbonyl (C=O) groups is 1. The lowest BCUT2D eigenvalue weighted by Gasteiger charge is -2.20. The van der Waals surface area contributed by atoms with E-state index in [2.05, 4.69) is 26.7 Å². The maximum Gasteiger partial charge on any atom is 0.219 e. The first-order chi connectivity index (χ1) is 9.20. The third-order valence-corrected chi connectivity index (χ3v) is 4.03. The van der Waals surface area contributed by atoms with E-state index < -0.39 is 0 Å². The number of hydrogen-bond donors (Lipinski definition) is 1. The molecule has 1 aromatic heterocycles. The highest BCUT2D eigenvalue weighted by Gasteiger charge is 2.18. The van der Waals surface area contributed by atoms with E-state index in [1.54, 1.807) is 6.92 Å². The Morgan fingerprint density at radius 2 is 2.21 bits per heavy atom. The molecule has 19 heavy (non-hydrogen) atoms. The molecule has 1 aliphatic rings. The summed E-state index contributed by atoms with van der Waals surface area (Å²) in [5, 5.41) is 8.55. The van der Waals surface area contributed by atoms with Gasteiger partial charge in [-0.15, -0.1) is 5.10 Å². The molecule has 1 aromatic rings. The zero-order valence-corrected chi connectivity index (χ0v) is 12.4. The van der Waals surface area contributed by atoms with E-state index in [1.807, 2.05) is 4.90 Å². The molecule has 0 radical (unpaired) electrons. The van der Waals surface area contributed by atoms with Crippen LogP contribution in [0.5, 0.6) is 0 Å². The van der Waals surface area contributed by atoms with E-state index in [4.69, 9.17) is 0 Å². The highest BCUT2D eigenvalue weighted by molar-refractivity contribution is 7.10. The molecule has 0 unspecified atom stereocenters. The molecular formula is C12H21N5OS. The van der Waals surface area contributed by atoms with Gasteiger partial charge in [-0.3, -0.25) is 9.69 Å². The lowest BCUT2D eigenvalue weighted by Crippen LogP contribution is -2.33. The standard InChI is InChI=1S/C12H21N5OS/c1-3-13-12-11(14-15-19-12)9-16-5-4-6-17(8-7-16)10(2)18/h13H,3-9H2,1-2H3. The van der Waals surface area contributed by atoms with Crippen LogP contribution in [0.15, 0.2) is 0 Å². The fraction of sp³-hybridized carbons (Fsp3) is 0.750. The van der Waals surface area contributed by atoms with Crippen molar-refractivity contribution < 1.29 is 4.79 Å². The molecule has 6 nitrogen and oxygen atoms in total. The molecule has 7 heteroatoms. The van der Waals surface area contributed by atoms with Crippen LogP contribution in [0.3, 0.4) is 0 Å². The van der Waals surface area contributed by atoms with Crippen LogP contribution in [0.25, 0.3) is 0 Å². The maximum absolute atomic E-state index is 11.4. The molecule has 106 valence electrons. The van der Waals surface area contributed by atoms with Crippen molar-refractivity contribution in [2.45, 2.75) is 26.8 Å². The van der Waals surface area contributed by atoms with Gasteiger partial charge in [-0.2, -0.15) is 0 Å². The summed E-state index contributed by atoms with van der Waals surface area (Å²) in [6, 6.07) is 0. The summed E-state index contributed by atoms with van der Waals surface area (Å²) in [5.41, 5.74) is 1.02. The summed E-state index contributed by atoms with van der Waals surface area (Å²) in [6.45, 7) is 8.99. The molecule has 1 aliphatic heterocycles. The highest BCUT2D eigenvalue weighted by Crippen LogP contribution is 2.19. The SMILES string of the molecule is CCNc1snnc1CN1CCCN(C(C)=O)CC1. The van der Waals surface area contributed by atoms with Gasteiger partial charge >= 0.3 is 0 Å². The number of anilines is 1. The number of rotatable bonds is 4. The van der Waals surface area contributed by atoms with Crippen LogP contribution in [-0.2, 0) is 11.3 Å². The van der Waals surface area contributed by atoms with Gasteiger partial charge in [0.25, 0.3) is 0 Å². The Morgan fingerprint density at radius 1 is 1.37 bits per heavy atom. The molecule has 0 saturated carbocycles. The van der Waals surface area contributed by atoms with Gasteiger partial charge in [-0.1, -0.05) is 4.49 Å². The van der Waals surface area contributed by atoms with Crippen LogP contribution >= 0.6 is 11.5 Å². The molecular weight excluding hydrogens is 262 g/mol. The summed E-state index contributed by atoms with van der Waals surface area (Å²) in [6.07, 6.45) is 1.02. The molecule has 1 N–H and O–H groups in total. The van der Waals surface area contributed by atoms with Gasteiger partial charge in [-0.25, -0.2) is 0 Å². The first-order valence-electron chi connectivity index (χ1n) is 6.73. The zero-order valence-electron chi connectivity index (χ0n) is 11.6. The zero-order chi connectivity index (χ0) is 13.7. The Bertz CT molecular complexity index is 422. The number of hydrogen-bond acceptors (Lipinski definition) is 6. The minimum Gasteiger partial charge on any atom is -0.374 e. The largest absolute Gasteiger partial charge is 0.374 e. The predicted octanol–water partition coefficient (Wildman–Crippen LogP) is 1.02. The van der Waals surface area contributed by atoms with Crippen LogP contribution < -0.4 is 5.32 Å². The number of nitrogens with one attached hydrogen (secondary N) is 1. The van der Waals surface area contributed by atoms with Gasteiger partial charge in [0.2, 0.25) is 5.91 Å². The van der Waals surface area contributed by atoms with Crippen molar-refractivity contribution >= 4 is 22.4 Å². The Hall–Kier alpha value is -1.21. The van der Waals surface area contributed by atoms with Crippen molar-refractivity contribution in [2.75, 3.05) is 38.0 Å². The third-order valence-electron chi connectivity index (χ3n) is 3.30. The first-order valence-corrected chi connectivity index (χ1v) is 7.51. The second kappa shape index (κ2) is 6.81. The van der Waals surface area contributed by atoms with Gasteiger partial charge in [0.1, 0.15) is 10.7 Å². The summed E-state index contributed by atoms with van der Waals surface area (Å²) in [7, 11) is 0. The lowest BCUT2D eigenvalue weighted by atomic mass is 10.3. The smallest absolute Gasteiger partial charge is 0.219 e. The quantitative estimate of drug-likeness (QED) is 0.894. The lowest BCUT2D eigenvalue weighted by molar-refractivity contribution is -0.128. The van der Waals surface area contributed by atoms with E-state index in [0.717, 1.165) is 56.4 Å². The summed E-state index contributed by atoms with van der Waals surface area (Å²) in [4.78, 5) is 15.7. The van der Waals surface area contributed by atoms with E-state index in [0.29, 0.717) is 0 Å². The first kappa shape index (κ1) is 14.2. The Balaban J connectivity index is 1.92. The van der Waals surface area contributed by atoms with E-state index >= 15 is 0 Å². The molecule has 1 saturated heterocycles. The second-order valence-corrected chi connectivity index (χ2v) is 5.47. The van der Waals surface area contributed by atoms with Crippen molar-refractivity contribution in [1.29, 1.82) is 0 Å². The van der Waals surface area contributed by atoms with E-state index in [-0.39, 0.29) is 5.91 Å². The van der Waals surface area contributed by atoms with Crippen molar-refractivity contribution in [2.24, 2.45) is 0 Å². The molecule has 0 aliphatic carbocycles. The molecule has 1 fully saturated rings. The fourth-order valence-corrected chi connectivity index (χ4v) is 2.90. The van der Waals surface area contributed by atoms with Crippen molar-refractivity contribution in [3.8, 4) is 0 Å². The van der Waals surface area contributed by atoms with Crippen molar-refractivity contribution in [3.05, 3.63) is 5.69 Å². The average molecular weight is 283 g/mol. The minimum absolute atomic E-state index is 0.172. The van der Waals surface area contributed by atoms with Crippen LogP contribution in [0.2, 0.25) is 0 Å². The number of amides is 1. The summed E-state index contributed by atoms with van der Waals surface area (Å²) < 4.78 is 4.01. The Kier molecular flexibility index (Phi) is 5.09. The van der Waals surface area contributed by atoms with Gasteiger partial charge in [0.15, 0.2) is 0 Å². The molecule has 1 amide bonds. The maximum atomic E-state index is 11.4. The van der Waals surface area contributed by atoms with Gasteiger partial charge in [0.05, 0.1) is 0 Å². The van der Waals surface area contributed by atoms with Crippen LogP contribution in [0, 0.1) is 0 Å². The number of carbonyl (C=O) groups excluding carboxylic acids is 1. The van der Waals surface area contributed by atoms with E-state index in [1.165, 1.54) is 11.5 Å². The molecule has 0 spiro atoms. The monoisotopic (exact) mass is 283 g/mol. The molecule has 0 atom stereocenters. The minimum atomic E-state index is 0.172. The fourth-order valence-electron chi connectivity index (χ4n) is 2.26. The second-order valence-electron chi connectivity index (χ2n) is 4.71. The third kappa shape index (κ3) is 3.87. The van der Waals surface area contributed by atoms with Crippen molar-refractivity contribution in [3.63, 3.8) is 0 Å². The predicted molar refractivity (Wildman–Crippen MR) is 76.2 cm³/mol. The Morgan fingerprint density at radius 3 is 2.95 bits per heavy atom. The number of aromatic nitrogens is 2.